The van der Waals surface area contributed by atoms with Gasteiger partial charge < -0.3 is 10.4 Å². The minimum Gasteiger partial charge on any atom is -0.477 e. The zero-order valence-corrected chi connectivity index (χ0v) is 11.0. The quantitative estimate of drug-likeness (QED) is 0.778. The number of aromatic carboxylic acids is 1. The first-order valence-corrected chi connectivity index (χ1v) is 6.26. The maximum absolute atomic E-state index is 12.2. The second kappa shape index (κ2) is 6.01. The first-order chi connectivity index (χ1) is 9.61. The van der Waals surface area contributed by atoms with Crippen LogP contribution in [0.4, 0.5) is 5.82 Å². The van der Waals surface area contributed by atoms with Crippen molar-refractivity contribution in [3.63, 3.8) is 0 Å². The fourth-order valence-corrected chi connectivity index (χ4v) is 1.97. The number of carboxylic acid groups (broad SMARTS) is 1. The molecule has 0 aliphatic rings. The van der Waals surface area contributed by atoms with Gasteiger partial charge in [-0.2, -0.15) is 5.10 Å². The summed E-state index contributed by atoms with van der Waals surface area (Å²) in [7, 11) is 0. The summed E-state index contributed by atoms with van der Waals surface area (Å²) in [5.41, 5.74) is 0.856. The van der Waals surface area contributed by atoms with E-state index in [1.54, 1.807) is 0 Å². The molecule has 20 heavy (non-hydrogen) atoms. The molecule has 1 aromatic heterocycles. The SMILES string of the molecule is CCC(C(=O)Nc1cc(C(=O)O)[nH]n1)c1ccccc1. The van der Waals surface area contributed by atoms with Gasteiger partial charge in [-0.3, -0.25) is 9.89 Å². The summed E-state index contributed by atoms with van der Waals surface area (Å²) in [5.74, 6) is -1.40. The summed E-state index contributed by atoms with van der Waals surface area (Å²) >= 11 is 0. The Balaban J connectivity index is 2.11. The number of rotatable bonds is 5. The van der Waals surface area contributed by atoms with Crippen LogP contribution in [-0.2, 0) is 4.79 Å². The number of benzene rings is 1. The van der Waals surface area contributed by atoms with E-state index in [2.05, 4.69) is 15.5 Å². The van der Waals surface area contributed by atoms with Crippen molar-refractivity contribution in [2.24, 2.45) is 0 Å². The number of nitrogens with one attached hydrogen (secondary N) is 2. The van der Waals surface area contributed by atoms with Gasteiger partial charge in [-0.05, 0) is 12.0 Å². The molecule has 1 amide bonds. The maximum Gasteiger partial charge on any atom is 0.353 e. The van der Waals surface area contributed by atoms with E-state index in [0.29, 0.717) is 6.42 Å². The van der Waals surface area contributed by atoms with Crippen LogP contribution < -0.4 is 5.32 Å². The van der Waals surface area contributed by atoms with Crippen molar-refractivity contribution in [2.45, 2.75) is 19.3 Å². The highest BCUT2D eigenvalue weighted by atomic mass is 16.4. The van der Waals surface area contributed by atoms with E-state index < -0.39 is 5.97 Å². The van der Waals surface area contributed by atoms with Crippen LogP contribution in [-0.4, -0.2) is 27.2 Å². The third kappa shape index (κ3) is 3.03. The Labute approximate surface area is 115 Å². The molecule has 0 aliphatic heterocycles. The molecule has 0 bridgehead atoms. The van der Waals surface area contributed by atoms with Crippen molar-refractivity contribution >= 4 is 17.7 Å². The average Bonchev–Trinajstić information content (AvgIpc) is 2.89. The lowest BCUT2D eigenvalue weighted by Crippen LogP contribution is -2.20. The van der Waals surface area contributed by atoms with Crippen LogP contribution in [0, 0.1) is 0 Å². The van der Waals surface area contributed by atoms with Gasteiger partial charge >= 0.3 is 5.97 Å². The molecule has 0 saturated carbocycles. The van der Waals surface area contributed by atoms with Crippen molar-refractivity contribution in [2.75, 3.05) is 5.32 Å². The Morgan fingerprint density at radius 2 is 2.05 bits per heavy atom. The van der Waals surface area contributed by atoms with Gasteiger partial charge in [0.05, 0.1) is 5.92 Å². The van der Waals surface area contributed by atoms with Gasteiger partial charge in [0.25, 0.3) is 0 Å². The normalized spacial score (nSPS) is 11.8. The molecule has 0 radical (unpaired) electrons. The van der Waals surface area contributed by atoms with E-state index in [9.17, 15) is 9.59 Å². The molecule has 2 aromatic rings. The van der Waals surface area contributed by atoms with E-state index in [1.165, 1.54) is 6.07 Å². The molecule has 6 heteroatoms. The molecule has 104 valence electrons. The number of aromatic nitrogens is 2. The first-order valence-electron chi connectivity index (χ1n) is 6.26. The summed E-state index contributed by atoms with van der Waals surface area (Å²) < 4.78 is 0. The van der Waals surface area contributed by atoms with Crippen molar-refractivity contribution in [3.8, 4) is 0 Å². The van der Waals surface area contributed by atoms with Crippen LogP contribution in [0.15, 0.2) is 36.4 Å². The number of aromatic amines is 1. The molecular weight excluding hydrogens is 258 g/mol. The minimum absolute atomic E-state index is 0.0620. The monoisotopic (exact) mass is 273 g/mol. The van der Waals surface area contributed by atoms with Gasteiger partial charge in [-0.15, -0.1) is 0 Å². The largest absolute Gasteiger partial charge is 0.477 e. The molecule has 0 fully saturated rings. The molecule has 0 saturated heterocycles. The predicted molar refractivity (Wildman–Crippen MR) is 73.7 cm³/mol. The lowest BCUT2D eigenvalue weighted by Gasteiger charge is -2.14. The van der Waals surface area contributed by atoms with Gasteiger partial charge in [0.2, 0.25) is 5.91 Å². The number of hydrogen-bond acceptors (Lipinski definition) is 3. The molecular formula is C14H15N3O3. The number of carbonyl (C=O) groups is 2. The average molecular weight is 273 g/mol. The zero-order valence-electron chi connectivity index (χ0n) is 11.0. The Hall–Kier alpha value is -2.63. The lowest BCUT2D eigenvalue weighted by atomic mass is 9.96. The number of hydrogen-bond donors (Lipinski definition) is 3. The molecule has 1 unspecified atom stereocenters. The molecule has 6 nitrogen and oxygen atoms in total. The van der Waals surface area contributed by atoms with E-state index in [0.717, 1.165) is 5.56 Å². The third-order valence-electron chi connectivity index (χ3n) is 2.99. The van der Waals surface area contributed by atoms with Crippen molar-refractivity contribution < 1.29 is 14.7 Å². The van der Waals surface area contributed by atoms with Crippen molar-refractivity contribution in [1.82, 2.24) is 10.2 Å². The highest BCUT2D eigenvalue weighted by molar-refractivity contribution is 5.96. The van der Waals surface area contributed by atoms with Gasteiger partial charge in [0, 0.05) is 6.07 Å². The summed E-state index contributed by atoms with van der Waals surface area (Å²) in [6.07, 6.45) is 0.645. The molecule has 0 spiro atoms. The molecule has 2 rings (SSSR count). The Kier molecular flexibility index (Phi) is 4.14. The summed E-state index contributed by atoms with van der Waals surface area (Å²) in [5, 5.41) is 17.5. The fourth-order valence-electron chi connectivity index (χ4n) is 1.97. The Morgan fingerprint density at radius 1 is 1.35 bits per heavy atom. The zero-order chi connectivity index (χ0) is 14.5. The summed E-state index contributed by atoms with van der Waals surface area (Å²) in [6, 6.07) is 10.7. The van der Waals surface area contributed by atoms with Crippen LogP contribution in [0.3, 0.4) is 0 Å². The van der Waals surface area contributed by atoms with Crippen LogP contribution in [0.5, 0.6) is 0 Å². The van der Waals surface area contributed by atoms with Gasteiger partial charge in [0.1, 0.15) is 5.69 Å². The molecule has 0 aliphatic carbocycles. The predicted octanol–water partition coefficient (Wildman–Crippen LogP) is 2.24. The lowest BCUT2D eigenvalue weighted by molar-refractivity contribution is -0.117. The summed E-state index contributed by atoms with van der Waals surface area (Å²) in [6.45, 7) is 1.92. The number of amides is 1. The topological polar surface area (TPSA) is 95.1 Å². The Morgan fingerprint density at radius 3 is 2.60 bits per heavy atom. The fraction of sp³-hybridized carbons (Fsp3) is 0.214. The highest BCUT2D eigenvalue weighted by Gasteiger charge is 2.19. The smallest absolute Gasteiger partial charge is 0.353 e. The highest BCUT2D eigenvalue weighted by Crippen LogP contribution is 2.21. The van der Waals surface area contributed by atoms with Gasteiger partial charge in [0.15, 0.2) is 5.82 Å². The minimum atomic E-state index is -1.12. The second-order valence-corrected chi connectivity index (χ2v) is 4.33. The second-order valence-electron chi connectivity index (χ2n) is 4.33. The van der Waals surface area contributed by atoms with E-state index in [4.69, 9.17) is 5.11 Å². The Bertz CT molecular complexity index is 607. The number of nitrogens with zero attached hydrogens (tertiary/aromatic N) is 1. The van der Waals surface area contributed by atoms with Crippen LogP contribution >= 0.6 is 0 Å². The number of carbonyl (C=O) groups excluding carboxylic acids is 1. The van der Waals surface area contributed by atoms with Crippen molar-refractivity contribution in [1.29, 1.82) is 0 Å². The van der Waals surface area contributed by atoms with Crippen LogP contribution in [0.1, 0.15) is 35.3 Å². The molecule has 3 N–H and O–H groups in total. The summed E-state index contributed by atoms with van der Waals surface area (Å²) in [4.78, 5) is 22.9. The van der Waals surface area contributed by atoms with E-state index in [-0.39, 0.29) is 23.3 Å². The van der Waals surface area contributed by atoms with E-state index in [1.807, 2.05) is 37.3 Å². The molecule has 1 heterocycles. The van der Waals surface area contributed by atoms with Crippen LogP contribution in [0.2, 0.25) is 0 Å². The number of anilines is 1. The number of H-pyrrole nitrogens is 1. The first kappa shape index (κ1) is 13.8. The maximum atomic E-state index is 12.2. The molecule has 1 aromatic carbocycles. The van der Waals surface area contributed by atoms with E-state index >= 15 is 0 Å². The van der Waals surface area contributed by atoms with Crippen molar-refractivity contribution in [3.05, 3.63) is 47.7 Å². The standard InChI is InChI=1S/C14H15N3O3/c1-2-10(9-6-4-3-5-7-9)13(18)15-12-8-11(14(19)20)16-17-12/h3-8,10H,2H2,1H3,(H,19,20)(H2,15,16,17,18). The van der Waals surface area contributed by atoms with Crippen LogP contribution in [0.25, 0.3) is 0 Å². The molecule has 1 atom stereocenters. The van der Waals surface area contributed by atoms with Gasteiger partial charge in [-0.1, -0.05) is 37.3 Å². The number of carboxylic acids is 1. The third-order valence-corrected chi connectivity index (χ3v) is 2.99. The van der Waals surface area contributed by atoms with Gasteiger partial charge in [-0.25, -0.2) is 4.79 Å².